The number of anilines is 3. The first kappa shape index (κ1) is 21.0. The van der Waals surface area contributed by atoms with Crippen LogP contribution in [-0.2, 0) is 4.74 Å². The van der Waals surface area contributed by atoms with Crippen molar-refractivity contribution in [3.63, 3.8) is 0 Å². The van der Waals surface area contributed by atoms with Crippen LogP contribution in [0.5, 0.6) is 5.75 Å². The zero-order valence-electron chi connectivity index (χ0n) is 16.9. The van der Waals surface area contributed by atoms with Crippen molar-refractivity contribution >= 4 is 23.4 Å². The number of carbonyl (C=O) groups is 1. The Balaban J connectivity index is 1.96. The predicted molar refractivity (Wildman–Crippen MR) is 113 cm³/mol. The van der Waals surface area contributed by atoms with Crippen LogP contribution in [0.1, 0.15) is 17.3 Å². The SMILES string of the molecule is COC(=O)c1ccc(Nc2cc(-c3cccnc3)nc(N[C@H](C)CO)n2)cc1OC. The Bertz CT molecular complexity index is 1010. The third-order valence-electron chi connectivity index (χ3n) is 4.21. The van der Waals surface area contributed by atoms with Crippen molar-refractivity contribution in [3.8, 4) is 17.0 Å². The molecule has 156 valence electrons. The number of aliphatic hydroxyl groups is 1. The monoisotopic (exact) mass is 409 g/mol. The molecule has 9 nitrogen and oxygen atoms in total. The van der Waals surface area contributed by atoms with E-state index >= 15 is 0 Å². The van der Waals surface area contributed by atoms with Gasteiger partial charge >= 0.3 is 5.97 Å². The fraction of sp³-hybridized carbons (Fsp3) is 0.238. The van der Waals surface area contributed by atoms with E-state index in [1.165, 1.54) is 14.2 Å². The Morgan fingerprint density at radius 1 is 1.20 bits per heavy atom. The molecule has 0 radical (unpaired) electrons. The van der Waals surface area contributed by atoms with E-state index in [0.29, 0.717) is 34.5 Å². The number of nitrogens with one attached hydrogen (secondary N) is 2. The number of pyridine rings is 1. The number of methoxy groups -OCH3 is 2. The lowest BCUT2D eigenvalue weighted by atomic mass is 10.1. The second-order valence-corrected chi connectivity index (χ2v) is 6.46. The zero-order chi connectivity index (χ0) is 21.5. The number of hydrogen-bond acceptors (Lipinski definition) is 9. The molecule has 0 amide bonds. The molecule has 0 saturated carbocycles. The van der Waals surface area contributed by atoms with Crippen LogP contribution in [0.15, 0.2) is 48.8 Å². The molecule has 2 heterocycles. The van der Waals surface area contributed by atoms with Crippen molar-refractivity contribution in [2.45, 2.75) is 13.0 Å². The molecule has 0 unspecified atom stereocenters. The number of aliphatic hydroxyl groups excluding tert-OH is 1. The van der Waals surface area contributed by atoms with Crippen LogP contribution in [0.4, 0.5) is 17.5 Å². The van der Waals surface area contributed by atoms with Crippen LogP contribution in [0.25, 0.3) is 11.3 Å². The topological polar surface area (TPSA) is 118 Å². The molecule has 0 spiro atoms. The lowest BCUT2D eigenvalue weighted by molar-refractivity contribution is 0.0597. The van der Waals surface area contributed by atoms with Crippen LogP contribution in [0.2, 0.25) is 0 Å². The number of rotatable bonds is 8. The molecular weight excluding hydrogens is 386 g/mol. The second kappa shape index (κ2) is 9.66. The molecule has 0 aliphatic rings. The van der Waals surface area contributed by atoms with E-state index in [2.05, 4.69) is 25.6 Å². The molecule has 0 bridgehead atoms. The first-order valence-electron chi connectivity index (χ1n) is 9.24. The fourth-order valence-electron chi connectivity index (χ4n) is 2.70. The van der Waals surface area contributed by atoms with E-state index in [-0.39, 0.29) is 12.6 Å². The van der Waals surface area contributed by atoms with E-state index in [4.69, 9.17) is 9.47 Å². The molecule has 3 N–H and O–H groups in total. The molecule has 1 aromatic carbocycles. The maximum Gasteiger partial charge on any atom is 0.341 e. The summed E-state index contributed by atoms with van der Waals surface area (Å²) in [5.41, 5.74) is 2.47. The number of benzene rings is 1. The van der Waals surface area contributed by atoms with Gasteiger partial charge in [-0.1, -0.05) is 0 Å². The van der Waals surface area contributed by atoms with Crippen molar-refractivity contribution in [1.29, 1.82) is 0 Å². The van der Waals surface area contributed by atoms with Crippen molar-refractivity contribution < 1.29 is 19.4 Å². The zero-order valence-corrected chi connectivity index (χ0v) is 16.9. The van der Waals surface area contributed by atoms with Gasteiger partial charge in [0.25, 0.3) is 0 Å². The second-order valence-electron chi connectivity index (χ2n) is 6.46. The molecule has 30 heavy (non-hydrogen) atoms. The van der Waals surface area contributed by atoms with Gasteiger partial charge < -0.3 is 25.2 Å². The third-order valence-corrected chi connectivity index (χ3v) is 4.21. The molecule has 9 heteroatoms. The molecular formula is C21H23N5O4. The summed E-state index contributed by atoms with van der Waals surface area (Å²) in [4.78, 5) is 25.0. The molecule has 3 rings (SSSR count). The maximum absolute atomic E-state index is 11.9. The van der Waals surface area contributed by atoms with Crippen molar-refractivity contribution in [2.24, 2.45) is 0 Å². The number of aromatic nitrogens is 3. The highest BCUT2D eigenvalue weighted by molar-refractivity contribution is 5.93. The van der Waals surface area contributed by atoms with Gasteiger partial charge in [-0.3, -0.25) is 4.98 Å². The highest BCUT2D eigenvalue weighted by Gasteiger charge is 2.14. The van der Waals surface area contributed by atoms with Crippen LogP contribution in [-0.4, -0.2) is 52.9 Å². The number of hydrogen-bond donors (Lipinski definition) is 3. The van der Waals surface area contributed by atoms with Crippen molar-refractivity contribution in [3.05, 3.63) is 54.4 Å². The predicted octanol–water partition coefficient (Wildman–Crippen LogP) is 2.87. The average Bonchev–Trinajstić information content (AvgIpc) is 2.78. The van der Waals surface area contributed by atoms with Gasteiger partial charge in [0, 0.05) is 41.8 Å². The summed E-state index contributed by atoms with van der Waals surface area (Å²) in [6.07, 6.45) is 3.39. The minimum Gasteiger partial charge on any atom is -0.496 e. The van der Waals surface area contributed by atoms with E-state index in [9.17, 15) is 9.90 Å². The number of carbonyl (C=O) groups excluding carboxylic acids is 1. The lowest BCUT2D eigenvalue weighted by Gasteiger charge is -2.15. The Hall–Kier alpha value is -3.72. The quantitative estimate of drug-likeness (QED) is 0.483. The Kier molecular flexibility index (Phi) is 6.76. The molecule has 1 atom stereocenters. The maximum atomic E-state index is 11.9. The summed E-state index contributed by atoms with van der Waals surface area (Å²) >= 11 is 0. The number of nitrogens with zero attached hydrogens (tertiary/aromatic N) is 3. The number of esters is 1. The first-order chi connectivity index (χ1) is 14.5. The molecule has 0 saturated heterocycles. The van der Waals surface area contributed by atoms with Gasteiger partial charge in [0.15, 0.2) is 0 Å². The van der Waals surface area contributed by atoms with E-state index in [1.807, 2.05) is 19.1 Å². The fourth-order valence-corrected chi connectivity index (χ4v) is 2.70. The molecule has 3 aromatic rings. The standard InChI is InChI=1S/C21H23N5O4/c1-13(12-27)23-21-25-17(14-5-4-8-22-11-14)10-19(26-21)24-15-6-7-16(20(28)30-3)18(9-15)29-2/h4-11,13,27H,12H2,1-3H3,(H2,23,24,25,26)/t13-/m1/s1. The third kappa shape index (κ3) is 5.00. The summed E-state index contributed by atoms with van der Waals surface area (Å²) in [6.45, 7) is 1.76. The van der Waals surface area contributed by atoms with Gasteiger partial charge in [-0.15, -0.1) is 0 Å². The molecule has 0 aliphatic carbocycles. The summed E-state index contributed by atoms with van der Waals surface area (Å²) in [7, 11) is 2.80. The first-order valence-corrected chi connectivity index (χ1v) is 9.24. The lowest BCUT2D eigenvalue weighted by Crippen LogP contribution is -2.21. The summed E-state index contributed by atoms with van der Waals surface area (Å²) in [5.74, 6) is 0.771. The molecule has 2 aromatic heterocycles. The smallest absolute Gasteiger partial charge is 0.341 e. The highest BCUT2D eigenvalue weighted by Crippen LogP contribution is 2.27. The normalized spacial score (nSPS) is 11.5. The minimum absolute atomic E-state index is 0.0601. The largest absolute Gasteiger partial charge is 0.496 e. The Labute approximate surface area is 174 Å². The number of ether oxygens (including phenoxy) is 2. The van der Waals surface area contributed by atoms with E-state index in [0.717, 1.165) is 5.56 Å². The van der Waals surface area contributed by atoms with E-state index < -0.39 is 5.97 Å². The van der Waals surface area contributed by atoms with Gasteiger partial charge in [0.05, 0.1) is 26.5 Å². The van der Waals surface area contributed by atoms with Crippen molar-refractivity contribution in [2.75, 3.05) is 31.5 Å². The van der Waals surface area contributed by atoms with E-state index in [1.54, 1.807) is 36.7 Å². The van der Waals surface area contributed by atoms with Gasteiger partial charge in [0.2, 0.25) is 5.95 Å². The van der Waals surface area contributed by atoms with Gasteiger partial charge in [-0.25, -0.2) is 9.78 Å². The van der Waals surface area contributed by atoms with Crippen LogP contribution < -0.4 is 15.4 Å². The van der Waals surface area contributed by atoms with Gasteiger partial charge in [0.1, 0.15) is 17.1 Å². The highest BCUT2D eigenvalue weighted by atomic mass is 16.5. The summed E-state index contributed by atoms with van der Waals surface area (Å²) in [6, 6.07) is 10.3. The average molecular weight is 409 g/mol. The van der Waals surface area contributed by atoms with Gasteiger partial charge in [-0.2, -0.15) is 4.98 Å². The minimum atomic E-state index is -0.483. The van der Waals surface area contributed by atoms with Crippen molar-refractivity contribution in [1.82, 2.24) is 15.0 Å². The molecule has 0 aliphatic heterocycles. The van der Waals surface area contributed by atoms with Crippen LogP contribution in [0.3, 0.4) is 0 Å². The van der Waals surface area contributed by atoms with Crippen LogP contribution >= 0.6 is 0 Å². The van der Waals surface area contributed by atoms with Crippen LogP contribution in [0, 0.1) is 0 Å². The Morgan fingerprint density at radius 3 is 2.70 bits per heavy atom. The molecule has 0 fully saturated rings. The van der Waals surface area contributed by atoms with Gasteiger partial charge in [-0.05, 0) is 31.2 Å². The summed E-state index contributed by atoms with van der Waals surface area (Å²) in [5, 5.41) is 15.6. The summed E-state index contributed by atoms with van der Waals surface area (Å²) < 4.78 is 10.1. The Morgan fingerprint density at radius 2 is 2.03 bits per heavy atom.